The summed E-state index contributed by atoms with van der Waals surface area (Å²) in [5.41, 5.74) is 0. The molecule has 2 aromatic heterocycles. The lowest BCUT2D eigenvalue weighted by atomic mass is 10.1. The Bertz CT molecular complexity index is 662. The third kappa shape index (κ3) is 4.29. The van der Waals surface area contributed by atoms with Crippen LogP contribution in [0.25, 0.3) is 0 Å². The zero-order chi connectivity index (χ0) is 16.9. The number of hydrogen-bond acceptors (Lipinski definition) is 5. The Balaban J connectivity index is 1.44. The van der Waals surface area contributed by atoms with Crippen LogP contribution in [0.4, 0.5) is 4.39 Å². The van der Waals surface area contributed by atoms with Crippen LogP contribution in [-0.2, 0) is 11.3 Å². The molecule has 1 aliphatic rings. The molecule has 2 heterocycles. The number of nitrogens with one attached hydrogen (secondary N) is 1. The van der Waals surface area contributed by atoms with Crippen LogP contribution in [0.1, 0.15) is 12.8 Å². The van der Waals surface area contributed by atoms with Gasteiger partial charge in [-0.05, 0) is 24.8 Å². The zero-order valence-electron chi connectivity index (χ0n) is 13.0. The minimum Gasteiger partial charge on any atom is -0.468 e. The van der Waals surface area contributed by atoms with Crippen LogP contribution >= 0.6 is 0 Å². The molecule has 3 atom stereocenters. The highest BCUT2D eigenvalue weighted by molar-refractivity contribution is 5.77. The Morgan fingerprint density at radius 3 is 3.04 bits per heavy atom. The number of aromatic nitrogens is 3. The van der Waals surface area contributed by atoms with Crippen LogP contribution in [0.15, 0.2) is 37.1 Å². The third-order valence-corrected chi connectivity index (χ3v) is 4.05. The molecule has 7 nitrogen and oxygen atoms in total. The van der Waals surface area contributed by atoms with E-state index in [0.29, 0.717) is 12.8 Å². The highest BCUT2D eigenvalue weighted by atomic mass is 19.1. The van der Waals surface area contributed by atoms with Crippen LogP contribution in [0.2, 0.25) is 0 Å². The molecule has 1 unspecified atom stereocenters. The van der Waals surface area contributed by atoms with Gasteiger partial charge < -0.3 is 19.7 Å². The van der Waals surface area contributed by atoms with Crippen molar-refractivity contribution in [3.63, 3.8) is 0 Å². The van der Waals surface area contributed by atoms with Gasteiger partial charge in [0.1, 0.15) is 5.82 Å². The third-order valence-electron chi connectivity index (χ3n) is 4.05. The molecule has 2 N–H and O–H groups in total. The molecule has 24 heavy (non-hydrogen) atoms. The van der Waals surface area contributed by atoms with Crippen LogP contribution in [0.3, 0.4) is 0 Å². The summed E-state index contributed by atoms with van der Waals surface area (Å²) in [4.78, 5) is 19.7. The average molecular weight is 334 g/mol. The van der Waals surface area contributed by atoms with Crippen LogP contribution < -0.4 is 10.1 Å². The summed E-state index contributed by atoms with van der Waals surface area (Å²) in [6.45, 7) is 0.535. The van der Waals surface area contributed by atoms with Gasteiger partial charge in [-0.1, -0.05) is 0 Å². The molecule has 8 heteroatoms. The number of ether oxygens (including phenoxy) is 1. The summed E-state index contributed by atoms with van der Waals surface area (Å²) in [6.07, 6.45) is 7.10. The van der Waals surface area contributed by atoms with E-state index in [1.54, 1.807) is 12.5 Å². The molecule has 0 bridgehead atoms. The smallest absolute Gasteiger partial charge is 0.258 e. The normalized spacial score (nSPS) is 23.2. The van der Waals surface area contributed by atoms with Crippen LogP contribution in [-0.4, -0.2) is 44.3 Å². The summed E-state index contributed by atoms with van der Waals surface area (Å²) in [6, 6.07) is 2.27. The first-order chi connectivity index (χ1) is 11.6. The second-order valence-corrected chi connectivity index (χ2v) is 5.94. The van der Waals surface area contributed by atoms with Gasteiger partial charge in [0.15, 0.2) is 6.61 Å². The second-order valence-electron chi connectivity index (χ2n) is 5.94. The fourth-order valence-electron chi connectivity index (χ4n) is 2.95. The van der Waals surface area contributed by atoms with E-state index < -0.39 is 11.9 Å². The van der Waals surface area contributed by atoms with E-state index in [2.05, 4.69) is 15.3 Å². The van der Waals surface area contributed by atoms with Gasteiger partial charge in [-0.3, -0.25) is 4.79 Å². The van der Waals surface area contributed by atoms with Crippen LogP contribution in [0.5, 0.6) is 5.88 Å². The maximum Gasteiger partial charge on any atom is 0.258 e. The first-order valence-electron chi connectivity index (χ1n) is 7.77. The zero-order valence-corrected chi connectivity index (χ0v) is 13.0. The van der Waals surface area contributed by atoms with Crippen molar-refractivity contribution >= 4 is 5.91 Å². The topological polar surface area (TPSA) is 89.3 Å². The maximum absolute atomic E-state index is 12.7. The molecule has 1 aliphatic carbocycles. The number of carbonyl (C=O) groups is 1. The lowest BCUT2D eigenvalue weighted by Crippen LogP contribution is -2.42. The lowest BCUT2D eigenvalue weighted by molar-refractivity contribution is -0.124. The van der Waals surface area contributed by atoms with Crippen molar-refractivity contribution in [2.45, 2.75) is 31.5 Å². The monoisotopic (exact) mass is 334 g/mol. The van der Waals surface area contributed by atoms with Gasteiger partial charge >= 0.3 is 0 Å². The van der Waals surface area contributed by atoms with Crippen molar-refractivity contribution in [3.05, 3.63) is 42.9 Å². The highest BCUT2D eigenvalue weighted by Crippen LogP contribution is 2.27. The summed E-state index contributed by atoms with van der Waals surface area (Å²) in [5, 5.41) is 12.9. The number of carbonyl (C=O) groups excluding carboxylic acids is 1. The minimum atomic E-state index is -0.577. The Hall–Kier alpha value is -2.48. The fourth-order valence-corrected chi connectivity index (χ4v) is 2.95. The van der Waals surface area contributed by atoms with Crippen molar-refractivity contribution in [2.24, 2.45) is 5.92 Å². The number of hydrogen-bond donors (Lipinski definition) is 2. The van der Waals surface area contributed by atoms with E-state index in [0.717, 1.165) is 12.7 Å². The first kappa shape index (κ1) is 16.4. The second kappa shape index (κ2) is 7.39. The van der Waals surface area contributed by atoms with Crippen molar-refractivity contribution in [1.82, 2.24) is 19.9 Å². The van der Waals surface area contributed by atoms with E-state index in [1.165, 1.54) is 12.1 Å². The molecule has 2 aromatic rings. The van der Waals surface area contributed by atoms with E-state index in [-0.39, 0.29) is 30.4 Å². The molecule has 0 radical (unpaired) electrons. The number of aliphatic hydroxyl groups is 1. The number of halogens is 1. The molecular weight excluding hydrogens is 315 g/mol. The number of nitrogens with zero attached hydrogens (tertiary/aromatic N) is 3. The van der Waals surface area contributed by atoms with Gasteiger partial charge in [-0.2, -0.15) is 0 Å². The summed E-state index contributed by atoms with van der Waals surface area (Å²) >= 11 is 0. The molecule has 1 saturated carbocycles. The van der Waals surface area contributed by atoms with Gasteiger partial charge in [0.2, 0.25) is 5.88 Å². The first-order valence-corrected chi connectivity index (χ1v) is 7.77. The molecule has 0 saturated heterocycles. The largest absolute Gasteiger partial charge is 0.468 e. The van der Waals surface area contributed by atoms with Gasteiger partial charge in [-0.15, -0.1) is 0 Å². The number of rotatable bonds is 6. The lowest BCUT2D eigenvalue weighted by Gasteiger charge is -2.16. The predicted molar refractivity (Wildman–Crippen MR) is 82.6 cm³/mol. The number of amides is 1. The quantitative estimate of drug-likeness (QED) is 0.814. The molecule has 0 spiro atoms. The van der Waals surface area contributed by atoms with Gasteiger partial charge in [0.25, 0.3) is 5.91 Å². The number of aliphatic hydroxyl groups excluding tert-OH is 1. The molecule has 1 amide bonds. The van der Waals surface area contributed by atoms with E-state index in [4.69, 9.17) is 4.74 Å². The SMILES string of the molecule is O=C(COc1ccc(F)cn1)N[C@@H]1CC(Cn2ccnc2)C[C@H]1O. The van der Waals surface area contributed by atoms with Crippen molar-refractivity contribution in [3.8, 4) is 5.88 Å². The molecule has 1 fully saturated rings. The highest BCUT2D eigenvalue weighted by Gasteiger charge is 2.34. The number of imidazole rings is 1. The summed E-state index contributed by atoms with van der Waals surface area (Å²) in [7, 11) is 0. The minimum absolute atomic E-state index is 0.177. The fraction of sp³-hybridized carbons (Fsp3) is 0.438. The van der Waals surface area contributed by atoms with E-state index in [1.807, 2.05) is 10.8 Å². The standard InChI is InChI=1S/C16H19FN4O3/c17-12-1-2-16(19-7-12)24-9-15(23)20-13-5-11(6-14(13)22)8-21-4-3-18-10-21/h1-4,7,10-11,13-14,22H,5-6,8-9H2,(H,20,23)/t11?,13-,14-/m1/s1. The van der Waals surface area contributed by atoms with Crippen molar-refractivity contribution in [1.29, 1.82) is 0 Å². The Morgan fingerprint density at radius 1 is 1.46 bits per heavy atom. The Labute approximate surface area is 138 Å². The van der Waals surface area contributed by atoms with Crippen molar-refractivity contribution in [2.75, 3.05) is 6.61 Å². The summed E-state index contributed by atoms with van der Waals surface area (Å²) < 4.78 is 19.9. The van der Waals surface area contributed by atoms with Gasteiger partial charge in [-0.25, -0.2) is 14.4 Å². The van der Waals surface area contributed by atoms with Gasteiger partial charge in [0.05, 0.1) is 24.7 Å². The summed E-state index contributed by atoms with van der Waals surface area (Å²) in [5.74, 6) is -0.353. The average Bonchev–Trinajstić information content (AvgIpc) is 3.17. The van der Waals surface area contributed by atoms with Crippen molar-refractivity contribution < 1.29 is 19.0 Å². The molecule has 3 rings (SSSR count). The van der Waals surface area contributed by atoms with E-state index in [9.17, 15) is 14.3 Å². The Morgan fingerprint density at radius 2 is 2.33 bits per heavy atom. The maximum atomic E-state index is 12.7. The van der Waals surface area contributed by atoms with Gasteiger partial charge in [0, 0.05) is 25.0 Å². The Kier molecular flexibility index (Phi) is 5.05. The molecule has 0 aromatic carbocycles. The predicted octanol–water partition coefficient (Wildman–Crippen LogP) is 0.752. The molecular formula is C16H19FN4O3. The molecule has 128 valence electrons. The van der Waals surface area contributed by atoms with Crippen LogP contribution in [0, 0.1) is 11.7 Å². The number of pyridine rings is 1. The van der Waals surface area contributed by atoms with E-state index >= 15 is 0 Å². The molecule has 0 aliphatic heterocycles.